The van der Waals surface area contributed by atoms with Gasteiger partial charge in [-0.15, -0.1) is 0 Å². The molecule has 0 spiro atoms. The Morgan fingerprint density at radius 3 is 2.12 bits per heavy atom. The summed E-state index contributed by atoms with van der Waals surface area (Å²) in [5.74, 6) is 0.131. The minimum Gasteiger partial charge on any atom is -0.495 e. The molecule has 2 aromatic rings. The highest BCUT2D eigenvalue weighted by Gasteiger charge is 2.23. The van der Waals surface area contributed by atoms with E-state index in [1.165, 1.54) is 51.5 Å². The van der Waals surface area contributed by atoms with Crippen LogP contribution >= 0.6 is 0 Å². The first-order valence-electron chi connectivity index (χ1n) is 6.87. The first kappa shape index (κ1) is 18.2. The Bertz CT molecular complexity index is 924. The standard InChI is InChI=1S/C15H18N2O5S2/c1-17(2)24(20,21)15-11-12(9-10-14(15)22-3)16-23(18,19)13-7-5-4-6-8-13/h4-11,16H,1-3H3. The first-order valence-corrected chi connectivity index (χ1v) is 9.79. The monoisotopic (exact) mass is 370 g/mol. The quantitative estimate of drug-likeness (QED) is 0.836. The summed E-state index contributed by atoms with van der Waals surface area (Å²) in [7, 11) is -3.49. The minimum atomic E-state index is -3.81. The van der Waals surface area contributed by atoms with Gasteiger partial charge in [0, 0.05) is 14.1 Å². The van der Waals surface area contributed by atoms with E-state index >= 15 is 0 Å². The number of hydrogen-bond donors (Lipinski definition) is 1. The van der Waals surface area contributed by atoms with Crippen LogP contribution in [0.2, 0.25) is 0 Å². The predicted octanol–water partition coefficient (Wildman–Crippen LogP) is 1.75. The molecular formula is C15H18N2O5S2. The van der Waals surface area contributed by atoms with Crippen molar-refractivity contribution >= 4 is 25.7 Å². The fourth-order valence-corrected chi connectivity index (χ4v) is 4.10. The molecule has 0 unspecified atom stereocenters. The molecule has 2 rings (SSSR count). The number of ether oxygens (including phenoxy) is 1. The fourth-order valence-electron chi connectivity index (χ4n) is 1.95. The van der Waals surface area contributed by atoms with Gasteiger partial charge in [0.15, 0.2) is 0 Å². The average molecular weight is 370 g/mol. The van der Waals surface area contributed by atoms with Crippen LogP contribution in [0.5, 0.6) is 5.75 Å². The van der Waals surface area contributed by atoms with Crippen LogP contribution in [0.3, 0.4) is 0 Å². The van der Waals surface area contributed by atoms with Gasteiger partial charge in [0.1, 0.15) is 10.6 Å². The molecular weight excluding hydrogens is 352 g/mol. The molecule has 7 nitrogen and oxygen atoms in total. The van der Waals surface area contributed by atoms with E-state index in [1.54, 1.807) is 18.2 Å². The SMILES string of the molecule is COc1ccc(NS(=O)(=O)c2ccccc2)cc1S(=O)(=O)N(C)C. The summed E-state index contributed by atoms with van der Waals surface area (Å²) < 4.78 is 57.9. The van der Waals surface area contributed by atoms with E-state index in [1.807, 2.05) is 0 Å². The van der Waals surface area contributed by atoms with E-state index in [4.69, 9.17) is 4.74 Å². The van der Waals surface area contributed by atoms with E-state index in [0.717, 1.165) is 4.31 Å². The molecule has 130 valence electrons. The Morgan fingerprint density at radius 2 is 1.58 bits per heavy atom. The predicted molar refractivity (Wildman–Crippen MR) is 91.1 cm³/mol. The van der Waals surface area contributed by atoms with E-state index < -0.39 is 20.0 Å². The highest BCUT2D eigenvalue weighted by Crippen LogP contribution is 2.29. The molecule has 1 N–H and O–H groups in total. The molecule has 0 bridgehead atoms. The van der Waals surface area contributed by atoms with Crippen LogP contribution in [0.15, 0.2) is 58.3 Å². The summed E-state index contributed by atoms with van der Waals surface area (Å²) in [5, 5.41) is 0. The van der Waals surface area contributed by atoms with Crippen LogP contribution in [-0.2, 0) is 20.0 Å². The van der Waals surface area contributed by atoms with E-state index in [-0.39, 0.29) is 21.2 Å². The summed E-state index contributed by atoms with van der Waals surface area (Å²) in [6, 6.07) is 11.9. The van der Waals surface area contributed by atoms with Crippen molar-refractivity contribution in [2.45, 2.75) is 9.79 Å². The molecule has 0 amide bonds. The van der Waals surface area contributed by atoms with Gasteiger partial charge in [-0.25, -0.2) is 21.1 Å². The molecule has 0 aliphatic heterocycles. The first-order chi connectivity index (χ1) is 11.2. The maximum absolute atomic E-state index is 12.4. The summed E-state index contributed by atoms with van der Waals surface area (Å²) in [4.78, 5) is -0.0407. The van der Waals surface area contributed by atoms with Crippen LogP contribution < -0.4 is 9.46 Å². The van der Waals surface area contributed by atoms with Crippen molar-refractivity contribution < 1.29 is 21.6 Å². The molecule has 24 heavy (non-hydrogen) atoms. The summed E-state index contributed by atoms with van der Waals surface area (Å²) in [5.41, 5.74) is 0.125. The Balaban J connectivity index is 2.47. The maximum atomic E-state index is 12.4. The van der Waals surface area contributed by atoms with E-state index in [9.17, 15) is 16.8 Å². The third kappa shape index (κ3) is 3.69. The number of methoxy groups -OCH3 is 1. The summed E-state index contributed by atoms with van der Waals surface area (Å²) >= 11 is 0. The lowest BCUT2D eigenvalue weighted by Crippen LogP contribution is -2.23. The second-order valence-electron chi connectivity index (χ2n) is 5.07. The molecule has 2 aromatic carbocycles. The molecule has 0 heterocycles. The zero-order chi connectivity index (χ0) is 18.0. The normalized spacial score (nSPS) is 12.2. The van der Waals surface area contributed by atoms with Crippen molar-refractivity contribution in [3.8, 4) is 5.75 Å². The lowest BCUT2D eigenvalue weighted by Gasteiger charge is -2.16. The number of nitrogens with zero attached hydrogens (tertiary/aromatic N) is 1. The van der Waals surface area contributed by atoms with Crippen LogP contribution in [0.1, 0.15) is 0 Å². The molecule has 0 aliphatic rings. The van der Waals surface area contributed by atoms with Gasteiger partial charge in [-0.05, 0) is 30.3 Å². The maximum Gasteiger partial charge on any atom is 0.261 e. The number of hydrogen-bond acceptors (Lipinski definition) is 5. The van der Waals surface area contributed by atoms with E-state index in [0.29, 0.717) is 0 Å². The number of benzene rings is 2. The van der Waals surface area contributed by atoms with Crippen molar-refractivity contribution in [1.29, 1.82) is 0 Å². The third-order valence-electron chi connectivity index (χ3n) is 3.23. The Hall–Kier alpha value is -2.10. The number of sulfonamides is 2. The Morgan fingerprint density at radius 1 is 0.958 bits per heavy atom. The largest absolute Gasteiger partial charge is 0.495 e. The van der Waals surface area contributed by atoms with Crippen molar-refractivity contribution in [3.63, 3.8) is 0 Å². The van der Waals surface area contributed by atoms with Gasteiger partial charge in [-0.2, -0.15) is 0 Å². The molecule has 0 fully saturated rings. The van der Waals surface area contributed by atoms with Crippen LogP contribution in [-0.4, -0.2) is 42.3 Å². The number of rotatable bonds is 6. The highest BCUT2D eigenvalue weighted by atomic mass is 32.2. The zero-order valence-corrected chi connectivity index (χ0v) is 15.1. The Labute approximate surface area is 142 Å². The molecule has 0 radical (unpaired) electrons. The van der Waals surface area contributed by atoms with Crippen molar-refractivity contribution in [3.05, 3.63) is 48.5 Å². The highest BCUT2D eigenvalue weighted by molar-refractivity contribution is 7.92. The molecule has 0 saturated heterocycles. The second kappa shape index (κ2) is 6.80. The molecule has 0 atom stereocenters. The van der Waals surface area contributed by atoms with Gasteiger partial charge in [0.05, 0.1) is 17.7 Å². The van der Waals surface area contributed by atoms with Crippen LogP contribution in [0.25, 0.3) is 0 Å². The topological polar surface area (TPSA) is 92.8 Å². The second-order valence-corrected chi connectivity index (χ2v) is 8.87. The molecule has 9 heteroatoms. The van der Waals surface area contributed by atoms with Gasteiger partial charge in [0.25, 0.3) is 10.0 Å². The fraction of sp³-hybridized carbons (Fsp3) is 0.200. The van der Waals surface area contributed by atoms with Gasteiger partial charge in [-0.1, -0.05) is 18.2 Å². The number of anilines is 1. The summed E-state index contributed by atoms with van der Waals surface area (Å²) in [6.07, 6.45) is 0. The summed E-state index contributed by atoms with van der Waals surface area (Å²) in [6.45, 7) is 0. The van der Waals surface area contributed by atoms with Gasteiger partial charge in [-0.3, -0.25) is 4.72 Å². The lowest BCUT2D eigenvalue weighted by atomic mass is 10.3. The molecule has 0 aromatic heterocycles. The minimum absolute atomic E-state index is 0.0813. The van der Waals surface area contributed by atoms with Crippen LogP contribution in [0, 0.1) is 0 Å². The Kier molecular flexibility index (Phi) is 5.16. The van der Waals surface area contributed by atoms with Gasteiger partial charge < -0.3 is 4.74 Å². The van der Waals surface area contributed by atoms with Crippen LogP contribution in [0.4, 0.5) is 5.69 Å². The number of nitrogens with one attached hydrogen (secondary N) is 1. The molecule has 0 saturated carbocycles. The third-order valence-corrected chi connectivity index (χ3v) is 6.46. The lowest BCUT2D eigenvalue weighted by molar-refractivity contribution is 0.400. The van der Waals surface area contributed by atoms with Crippen molar-refractivity contribution in [1.82, 2.24) is 4.31 Å². The molecule has 0 aliphatic carbocycles. The van der Waals surface area contributed by atoms with Crippen molar-refractivity contribution in [2.75, 3.05) is 25.9 Å². The van der Waals surface area contributed by atoms with Gasteiger partial charge in [0.2, 0.25) is 10.0 Å². The van der Waals surface area contributed by atoms with E-state index in [2.05, 4.69) is 4.72 Å². The smallest absolute Gasteiger partial charge is 0.261 e. The average Bonchev–Trinajstić information content (AvgIpc) is 2.55. The van der Waals surface area contributed by atoms with Gasteiger partial charge >= 0.3 is 0 Å². The van der Waals surface area contributed by atoms with Crippen molar-refractivity contribution in [2.24, 2.45) is 0 Å². The zero-order valence-electron chi connectivity index (χ0n) is 13.4.